The van der Waals surface area contributed by atoms with Crippen LogP contribution in [0.1, 0.15) is 30.9 Å². The Morgan fingerprint density at radius 2 is 1.85 bits per heavy atom. The van der Waals surface area contributed by atoms with E-state index in [9.17, 15) is 0 Å². The number of rotatable bonds is 2. The van der Waals surface area contributed by atoms with Crippen molar-refractivity contribution >= 4 is 15.9 Å². The zero-order chi connectivity index (χ0) is 9.26. The van der Waals surface area contributed by atoms with Crippen LogP contribution in [0.4, 0.5) is 0 Å². The average molecular weight is 240 g/mol. The van der Waals surface area contributed by atoms with Gasteiger partial charge in [-0.05, 0) is 36.5 Å². The average Bonchev–Trinajstić information content (AvgIpc) is 2.02. The Morgan fingerprint density at radius 3 is 2.31 bits per heavy atom. The van der Waals surface area contributed by atoms with Gasteiger partial charge in [-0.1, -0.05) is 34.5 Å². The number of halogens is 1. The van der Waals surface area contributed by atoms with E-state index in [1.54, 1.807) is 0 Å². The third kappa shape index (κ3) is 1.94. The number of hydrogen-bond donors (Lipinski definition) is 1. The van der Waals surface area contributed by atoms with Gasteiger partial charge in [-0.3, -0.25) is 0 Å². The minimum Gasteiger partial charge on any atom is -0.324 e. The van der Waals surface area contributed by atoms with E-state index < -0.39 is 0 Å². The quantitative estimate of drug-likeness (QED) is 0.843. The van der Waals surface area contributed by atoms with Crippen molar-refractivity contribution in [2.24, 2.45) is 11.7 Å². The molecule has 2 rings (SSSR count). The summed E-state index contributed by atoms with van der Waals surface area (Å²) in [5.41, 5.74) is 7.41. The second-order valence-corrected chi connectivity index (χ2v) is 4.68. The molecule has 0 spiro atoms. The predicted molar refractivity (Wildman–Crippen MR) is 58.4 cm³/mol. The summed E-state index contributed by atoms with van der Waals surface area (Å²) < 4.78 is 1.12. The van der Waals surface area contributed by atoms with Crippen LogP contribution in [0.5, 0.6) is 0 Å². The van der Waals surface area contributed by atoms with Crippen LogP contribution in [0.3, 0.4) is 0 Å². The van der Waals surface area contributed by atoms with Crippen LogP contribution < -0.4 is 5.73 Å². The zero-order valence-electron chi connectivity index (χ0n) is 7.54. The maximum Gasteiger partial charge on any atom is 0.0323 e. The monoisotopic (exact) mass is 239 g/mol. The summed E-state index contributed by atoms with van der Waals surface area (Å²) >= 11 is 3.42. The first-order valence-corrected chi connectivity index (χ1v) is 5.58. The molecule has 0 heterocycles. The molecule has 0 unspecified atom stereocenters. The molecule has 0 bridgehead atoms. The summed E-state index contributed by atoms with van der Waals surface area (Å²) in [5.74, 6) is 0.723. The molecule has 0 saturated heterocycles. The molecule has 0 radical (unpaired) electrons. The van der Waals surface area contributed by atoms with Gasteiger partial charge in [-0.2, -0.15) is 0 Å². The summed E-state index contributed by atoms with van der Waals surface area (Å²) in [6, 6.07) is 8.61. The van der Waals surface area contributed by atoms with Crippen molar-refractivity contribution in [1.29, 1.82) is 0 Å². The Kier molecular flexibility index (Phi) is 2.70. The molecule has 0 amide bonds. The Bertz CT molecular complexity index is 277. The van der Waals surface area contributed by atoms with E-state index in [-0.39, 0.29) is 6.04 Å². The molecule has 1 aromatic rings. The van der Waals surface area contributed by atoms with E-state index in [1.165, 1.54) is 24.8 Å². The van der Waals surface area contributed by atoms with Gasteiger partial charge in [0.15, 0.2) is 0 Å². The third-order valence-corrected chi connectivity index (χ3v) is 3.44. The molecule has 1 aliphatic rings. The summed E-state index contributed by atoms with van der Waals surface area (Å²) in [7, 11) is 0. The van der Waals surface area contributed by atoms with E-state index in [2.05, 4.69) is 40.2 Å². The van der Waals surface area contributed by atoms with Gasteiger partial charge in [0.25, 0.3) is 0 Å². The third-order valence-electron chi connectivity index (χ3n) is 2.91. The first kappa shape index (κ1) is 9.22. The standard InChI is InChI=1S/C11H14BrN/c12-10-6-4-9(5-7-10)11(13)8-2-1-3-8/h4-8,11H,1-3,13H2/t11-/m1/s1. The second kappa shape index (κ2) is 3.81. The molecule has 2 heteroatoms. The Labute approximate surface area is 87.5 Å². The van der Waals surface area contributed by atoms with Crippen molar-refractivity contribution in [3.8, 4) is 0 Å². The largest absolute Gasteiger partial charge is 0.324 e. The van der Waals surface area contributed by atoms with Gasteiger partial charge in [0.1, 0.15) is 0 Å². The van der Waals surface area contributed by atoms with Crippen LogP contribution in [0.2, 0.25) is 0 Å². The maximum absolute atomic E-state index is 6.14. The van der Waals surface area contributed by atoms with Crippen LogP contribution in [0, 0.1) is 5.92 Å². The van der Waals surface area contributed by atoms with Crippen molar-refractivity contribution in [1.82, 2.24) is 0 Å². The summed E-state index contributed by atoms with van der Waals surface area (Å²) in [6.45, 7) is 0. The van der Waals surface area contributed by atoms with E-state index in [1.807, 2.05) is 0 Å². The van der Waals surface area contributed by atoms with Gasteiger partial charge < -0.3 is 5.73 Å². The van der Waals surface area contributed by atoms with E-state index in [0.29, 0.717) is 0 Å². The summed E-state index contributed by atoms with van der Waals surface area (Å²) in [6.07, 6.45) is 3.96. The van der Waals surface area contributed by atoms with E-state index in [4.69, 9.17) is 5.73 Å². The lowest BCUT2D eigenvalue weighted by Crippen LogP contribution is -2.26. The molecular weight excluding hydrogens is 226 g/mol. The van der Waals surface area contributed by atoms with Crippen LogP contribution in [0.25, 0.3) is 0 Å². The van der Waals surface area contributed by atoms with E-state index in [0.717, 1.165) is 10.4 Å². The fraction of sp³-hybridized carbons (Fsp3) is 0.455. The molecule has 1 aliphatic carbocycles. The molecule has 2 N–H and O–H groups in total. The molecule has 13 heavy (non-hydrogen) atoms. The summed E-state index contributed by atoms with van der Waals surface area (Å²) in [4.78, 5) is 0. The van der Waals surface area contributed by atoms with Crippen molar-refractivity contribution in [2.75, 3.05) is 0 Å². The Balaban J connectivity index is 2.10. The maximum atomic E-state index is 6.14. The Hall–Kier alpha value is -0.340. The molecule has 1 saturated carbocycles. The van der Waals surface area contributed by atoms with Gasteiger partial charge in [0.05, 0.1) is 0 Å². The lowest BCUT2D eigenvalue weighted by molar-refractivity contribution is 0.264. The SMILES string of the molecule is N[C@@H](c1ccc(Br)cc1)C1CCC1. The highest BCUT2D eigenvalue weighted by Crippen LogP contribution is 2.36. The van der Waals surface area contributed by atoms with Gasteiger partial charge in [-0.25, -0.2) is 0 Å². The van der Waals surface area contributed by atoms with E-state index >= 15 is 0 Å². The fourth-order valence-corrected chi connectivity index (χ4v) is 2.02. The highest BCUT2D eigenvalue weighted by Gasteiger charge is 2.25. The molecule has 0 aromatic heterocycles. The second-order valence-electron chi connectivity index (χ2n) is 3.77. The highest BCUT2D eigenvalue weighted by atomic mass is 79.9. The number of benzene rings is 1. The number of hydrogen-bond acceptors (Lipinski definition) is 1. The first-order valence-electron chi connectivity index (χ1n) is 4.78. The number of nitrogens with two attached hydrogens (primary N) is 1. The van der Waals surface area contributed by atoms with Gasteiger partial charge in [-0.15, -0.1) is 0 Å². The van der Waals surface area contributed by atoms with Gasteiger partial charge in [0, 0.05) is 10.5 Å². The Morgan fingerprint density at radius 1 is 1.23 bits per heavy atom. The topological polar surface area (TPSA) is 26.0 Å². The van der Waals surface area contributed by atoms with Crippen molar-refractivity contribution < 1.29 is 0 Å². The zero-order valence-corrected chi connectivity index (χ0v) is 9.13. The van der Waals surface area contributed by atoms with Crippen molar-refractivity contribution in [3.05, 3.63) is 34.3 Å². The molecular formula is C11H14BrN. The molecule has 0 aliphatic heterocycles. The molecule has 1 aromatic carbocycles. The minimum atomic E-state index is 0.252. The molecule has 1 fully saturated rings. The van der Waals surface area contributed by atoms with Gasteiger partial charge in [0.2, 0.25) is 0 Å². The summed E-state index contributed by atoms with van der Waals surface area (Å²) in [5, 5.41) is 0. The van der Waals surface area contributed by atoms with Crippen LogP contribution >= 0.6 is 15.9 Å². The lowest BCUT2D eigenvalue weighted by atomic mass is 9.78. The van der Waals surface area contributed by atoms with Gasteiger partial charge >= 0.3 is 0 Å². The fourth-order valence-electron chi connectivity index (χ4n) is 1.76. The minimum absolute atomic E-state index is 0.252. The lowest BCUT2D eigenvalue weighted by Gasteiger charge is -2.31. The van der Waals surface area contributed by atoms with Crippen molar-refractivity contribution in [3.63, 3.8) is 0 Å². The van der Waals surface area contributed by atoms with Crippen molar-refractivity contribution in [2.45, 2.75) is 25.3 Å². The first-order chi connectivity index (χ1) is 6.27. The highest BCUT2D eigenvalue weighted by molar-refractivity contribution is 9.10. The molecule has 1 atom stereocenters. The van der Waals surface area contributed by atoms with Crippen LogP contribution in [0.15, 0.2) is 28.7 Å². The van der Waals surface area contributed by atoms with Crippen LogP contribution in [-0.4, -0.2) is 0 Å². The normalized spacial score (nSPS) is 19.5. The van der Waals surface area contributed by atoms with Crippen LogP contribution in [-0.2, 0) is 0 Å². The molecule has 1 nitrogen and oxygen atoms in total. The smallest absolute Gasteiger partial charge is 0.0323 e. The predicted octanol–water partition coefficient (Wildman–Crippen LogP) is 3.25. The molecule has 70 valence electrons.